The molecule has 0 aromatic carbocycles. The van der Waals surface area contributed by atoms with E-state index in [0.717, 1.165) is 17.7 Å². The van der Waals surface area contributed by atoms with E-state index < -0.39 is 0 Å². The molecule has 0 aliphatic heterocycles. The van der Waals surface area contributed by atoms with Gasteiger partial charge in [-0.05, 0) is 36.1 Å². The number of carbonyl (C=O) groups excluding carboxylic acids is 1. The van der Waals surface area contributed by atoms with Crippen LogP contribution in [0.2, 0.25) is 0 Å². The van der Waals surface area contributed by atoms with E-state index in [1.165, 1.54) is 0 Å². The zero-order valence-electron chi connectivity index (χ0n) is 13.0. The number of hydrogen-bond acceptors (Lipinski definition) is 4. The fourth-order valence-electron chi connectivity index (χ4n) is 1.94. The molecule has 116 valence electrons. The smallest absolute Gasteiger partial charge is 0.252 e. The highest BCUT2D eigenvalue weighted by atomic mass is 16.1. The van der Waals surface area contributed by atoms with Gasteiger partial charge in [-0.25, -0.2) is 0 Å². The highest BCUT2D eigenvalue weighted by Crippen LogP contribution is 2.10. The quantitative estimate of drug-likeness (QED) is 0.825. The van der Waals surface area contributed by atoms with Crippen LogP contribution in [0.1, 0.15) is 36.2 Å². The number of aromatic nitrogens is 2. The summed E-state index contributed by atoms with van der Waals surface area (Å²) in [6, 6.07) is 5.71. The molecule has 2 rings (SSSR count). The van der Waals surface area contributed by atoms with Gasteiger partial charge in [-0.3, -0.25) is 14.8 Å². The van der Waals surface area contributed by atoms with Crippen LogP contribution in [0.3, 0.4) is 0 Å². The van der Waals surface area contributed by atoms with Gasteiger partial charge in [0.25, 0.3) is 5.91 Å². The first-order valence-electron chi connectivity index (χ1n) is 7.51. The highest BCUT2D eigenvalue weighted by molar-refractivity contribution is 5.94. The highest BCUT2D eigenvalue weighted by Gasteiger charge is 2.07. The zero-order valence-corrected chi connectivity index (χ0v) is 13.0. The van der Waals surface area contributed by atoms with Crippen molar-refractivity contribution in [2.45, 2.75) is 26.8 Å². The predicted octanol–water partition coefficient (Wildman–Crippen LogP) is 2.86. The maximum Gasteiger partial charge on any atom is 0.252 e. The van der Waals surface area contributed by atoms with Gasteiger partial charge in [-0.2, -0.15) is 0 Å². The molecule has 2 aromatic heterocycles. The van der Waals surface area contributed by atoms with Gasteiger partial charge in [-0.15, -0.1) is 0 Å². The van der Waals surface area contributed by atoms with E-state index in [4.69, 9.17) is 0 Å². The van der Waals surface area contributed by atoms with Crippen molar-refractivity contribution in [2.24, 2.45) is 5.92 Å². The molecule has 0 radical (unpaired) electrons. The second-order valence-corrected chi connectivity index (χ2v) is 5.61. The molecule has 2 heterocycles. The van der Waals surface area contributed by atoms with Gasteiger partial charge in [0.05, 0.1) is 11.3 Å². The first-order valence-corrected chi connectivity index (χ1v) is 7.51. The van der Waals surface area contributed by atoms with Gasteiger partial charge in [0.2, 0.25) is 0 Å². The molecule has 0 aliphatic carbocycles. The van der Waals surface area contributed by atoms with Crippen LogP contribution in [0, 0.1) is 5.92 Å². The largest absolute Gasteiger partial charge is 0.380 e. The Morgan fingerprint density at radius 1 is 1.18 bits per heavy atom. The summed E-state index contributed by atoms with van der Waals surface area (Å²) in [6.07, 6.45) is 7.79. The molecule has 0 fully saturated rings. The third kappa shape index (κ3) is 5.16. The molecule has 5 nitrogen and oxygen atoms in total. The van der Waals surface area contributed by atoms with Crippen LogP contribution < -0.4 is 10.6 Å². The number of carbonyl (C=O) groups is 1. The number of pyridine rings is 2. The summed E-state index contributed by atoms with van der Waals surface area (Å²) in [6.45, 7) is 5.63. The monoisotopic (exact) mass is 298 g/mol. The van der Waals surface area contributed by atoms with Crippen LogP contribution in [0.5, 0.6) is 0 Å². The summed E-state index contributed by atoms with van der Waals surface area (Å²) >= 11 is 0. The van der Waals surface area contributed by atoms with Crippen molar-refractivity contribution in [3.05, 3.63) is 54.1 Å². The Labute approximate surface area is 131 Å². The van der Waals surface area contributed by atoms with E-state index in [1.54, 1.807) is 24.8 Å². The number of rotatable bonds is 7. The van der Waals surface area contributed by atoms with Crippen LogP contribution in [-0.4, -0.2) is 22.4 Å². The van der Waals surface area contributed by atoms with Crippen LogP contribution in [0.15, 0.2) is 43.0 Å². The Bertz CT molecular complexity index is 599. The third-order valence-electron chi connectivity index (χ3n) is 3.25. The number of amides is 1. The van der Waals surface area contributed by atoms with Crippen molar-refractivity contribution >= 4 is 11.6 Å². The molecular formula is C17H22N4O. The number of nitrogens with one attached hydrogen (secondary N) is 2. The molecule has 1 amide bonds. The van der Waals surface area contributed by atoms with Crippen molar-refractivity contribution in [3.63, 3.8) is 0 Å². The van der Waals surface area contributed by atoms with Crippen molar-refractivity contribution < 1.29 is 4.79 Å². The van der Waals surface area contributed by atoms with Crippen molar-refractivity contribution in [2.75, 3.05) is 11.9 Å². The van der Waals surface area contributed by atoms with Gasteiger partial charge in [-0.1, -0.05) is 13.8 Å². The van der Waals surface area contributed by atoms with Crippen molar-refractivity contribution in [1.82, 2.24) is 15.3 Å². The summed E-state index contributed by atoms with van der Waals surface area (Å²) in [5.74, 6) is 0.493. The van der Waals surface area contributed by atoms with E-state index in [1.807, 2.05) is 18.2 Å². The Morgan fingerprint density at radius 3 is 2.68 bits per heavy atom. The minimum absolute atomic E-state index is 0.0827. The van der Waals surface area contributed by atoms with Crippen LogP contribution in [-0.2, 0) is 6.54 Å². The fraction of sp³-hybridized carbons (Fsp3) is 0.353. The molecule has 0 saturated heterocycles. The maximum absolute atomic E-state index is 12.1. The molecule has 0 aliphatic rings. The number of nitrogens with zero attached hydrogens (tertiary/aromatic N) is 2. The van der Waals surface area contributed by atoms with Gasteiger partial charge in [0.15, 0.2) is 0 Å². The van der Waals surface area contributed by atoms with Crippen molar-refractivity contribution in [1.29, 1.82) is 0 Å². The molecule has 5 heteroatoms. The molecule has 0 bridgehead atoms. The Kier molecular flexibility index (Phi) is 5.89. The minimum Gasteiger partial charge on any atom is -0.380 e. The standard InChI is InChI=1S/C17H22N4O/c1-13(2)3-8-20-17(22)15-9-16(12-19-11-15)21-10-14-4-6-18-7-5-14/h4-7,9,11-13,21H,3,8,10H2,1-2H3,(H,20,22). The predicted molar refractivity (Wildman–Crippen MR) is 87.6 cm³/mol. The minimum atomic E-state index is -0.0827. The molecule has 22 heavy (non-hydrogen) atoms. The summed E-state index contributed by atoms with van der Waals surface area (Å²) in [4.78, 5) is 20.2. The van der Waals surface area contributed by atoms with Crippen LogP contribution in [0.25, 0.3) is 0 Å². The lowest BCUT2D eigenvalue weighted by molar-refractivity contribution is 0.0951. The van der Waals surface area contributed by atoms with E-state index in [-0.39, 0.29) is 5.91 Å². The Balaban J connectivity index is 1.90. The Hall–Kier alpha value is -2.43. The van der Waals surface area contributed by atoms with Gasteiger partial charge >= 0.3 is 0 Å². The van der Waals surface area contributed by atoms with Crippen molar-refractivity contribution in [3.8, 4) is 0 Å². The second-order valence-electron chi connectivity index (χ2n) is 5.61. The first-order chi connectivity index (χ1) is 10.6. The maximum atomic E-state index is 12.1. The van der Waals surface area contributed by atoms with E-state index in [9.17, 15) is 4.79 Å². The Morgan fingerprint density at radius 2 is 1.95 bits per heavy atom. The summed E-state index contributed by atoms with van der Waals surface area (Å²) in [5.41, 5.74) is 2.53. The SMILES string of the molecule is CC(C)CCNC(=O)c1cncc(NCc2ccncc2)c1. The molecule has 0 saturated carbocycles. The molecule has 0 spiro atoms. The molecule has 0 unspecified atom stereocenters. The van der Waals surface area contributed by atoms with Gasteiger partial charge in [0, 0.05) is 37.9 Å². The van der Waals surface area contributed by atoms with Gasteiger partial charge in [0.1, 0.15) is 0 Å². The topological polar surface area (TPSA) is 66.9 Å². The summed E-state index contributed by atoms with van der Waals surface area (Å²) < 4.78 is 0. The molecule has 2 N–H and O–H groups in total. The normalized spacial score (nSPS) is 10.5. The lowest BCUT2D eigenvalue weighted by Crippen LogP contribution is -2.25. The fourth-order valence-corrected chi connectivity index (χ4v) is 1.94. The third-order valence-corrected chi connectivity index (χ3v) is 3.25. The van der Waals surface area contributed by atoms with Crippen LogP contribution in [0.4, 0.5) is 5.69 Å². The molecule has 2 aromatic rings. The first kappa shape index (κ1) is 15.9. The lowest BCUT2D eigenvalue weighted by atomic mass is 10.1. The average molecular weight is 298 g/mol. The van der Waals surface area contributed by atoms with E-state index >= 15 is 0 Å². The number of anilines is 1. The molecule has 0 atom stereocenters. The zero-order chi connectivity index (χ0) is 15.8. The lowest BCUT2D eigenvalue weighted by Gasteiger charge is -2.09. The summed E-state index contributed by atoms with van der Waals surface area (Å²) in [7, 11) is 0. The molecular weight excluding hydrogens is 276 g/mol. The van der Waals surface area contributed by atoms with Gasteiger partial charge < -0.3 is 10.6 Å². The van der Waals surface area contributed by atoms with Crippen LogP contribution >= 0.6 is 0 Å². The number of hydrogen-bond donors (Lipinski definition) is 2. The second kappa shape index (κ2) is 8.12. The summed E-state index contributed by atoms with van der Waals surface area (Å²) in [5, 5.41) is 6.18. The van der Waals surface area contributed by atoms with E-state index in [2.05, 4.69) is 34.4 Å². The van der Waals surface area contributed by atoms with E-state index in [0.29, 0.717) is 24.6 Å². The average Bonchev–Trinajstić information content (AvgIpc) is 2.54.